The Hall–Kier alpha value is -1.88. The summed E-state index contributed by atoms with van der Waals surface area (Å²) in [5.41, 5.74) is 1.03. The minimum atomic E-state index is -1.04. The maximum atomic E-state index is 10.9. The molecule has 1 aliphatic rings. The number of benzene rings is 2. The molecule has 0 radical (unpaired) electrons. The van der Waals surface area contributed by atoms with Crippen molar-refractivity contribution in [3.63, 3.8) is 0 Å². The van der Waals surface area contributed by atoms with Crippen molar-refractivity contribution in [2.45, 2.75) is 25.5 Å². The van der Waals surface area contributed by atoms with Gasteiger partial charge in [0.15, 0.2) is 5.96 Å². The van der Waals surface area contributed by atoms with Crippen molar-refractivity contribution >= 4 is 29.9 Å². The Morgan fingerprint density at radius 2 is 1.79 bits per heavy atom. The summed E-state index contributed by atoms with van der Waals surface area (Å²) in [6, 6.07) is 18.1. The number of guanidine groups is 1. The molecule has 0 saturated carbocycles. The van der Waals surface area contributed by atoms with E-state index in [1.165, 1.54) is 5.56 Å². The normalized spacial score (nSPS) is 17.4. The van der Waals surface area contributed by atoms with Crippen LogP contribution in [-0.4, -0.2) is 69.0 Å². The first-order valence-corrected chi connectivity index (χ1v) is 11.3. The minimum absolute atomic E-state index is 0. The third kappa shape index (κ3) is 8.13. The molecule has 2 unspecified atom stereocenters. The molecule has 0 bridgehead atoms. The molecule has 1 heterocycles. The van der Waals surface area contributed by atoms with Gasteiger partial charge >= 0.3 is 0 Å². The van der Waals surface area contributed by atoms with Gasteiger partial charge in [-0.1, -0.05) is 42.5 Å². The summed E-state index contributed by atoms with van der Waals surface area (Å²) >= 11 is 0. The lowest BCUT2D eigenvalue weighted by molar-refractivity contribution is 0.0169. The highest BCUT2D eigenvalue weighted by molar-refractivity contribution is 14.0. The van der Waals surface area contributed by atoms with Gasteiger partial charge in [0.2, 0.25) is 0 Å². The van der Waals surface area contributed by atoms with Crippen LogP contribution in [0.3, 0.4) is 0 Å². The second-order valence-corrected chi connectivity index (χ2v) is 8.15. The van der Waals surface area contributed by atoms with E-state index in [-0.39, 0.29) is 36.6 Å². The molecule has 182 valence electrons. The largest absolute Gasteiger partial charge is 0.497 e. The molecule has 8 heteroatoms. The molecule has 2 aromatic rings. The predicted octanol–water partition coefficient (Wildman–Crippen LogP) is 3.15. The average Bonchev–Trinajstić information content (AvgIpc) is 2.84. The van der Waals surface area contributed by atoms with Crippen molar-refractivity contribution in [2.24, 2.45) is 4.99 Å². The predicted molar refractivity (Wildman–Crippen MR) is 144 cm³/mol. The first-order chi connectivity index (χ1) is 15.5. The van der Waals surface area contributed by atoms with E-state index in [0.717, 1.165) is 44.2 Å². The number of morpholine rings is 1. The third-order valence-electron chi connectivity index (χ3n) is 5.73. The highest BCUT2D eigenvalue weighted by Gasteiger charge is 2.24. The fourth-order valence-electron chi connectivity index (χ4n) is 3.83. The smallest absolute Gasteiger partial charge is 0.191 e. The van der Waals surface area contributed by atoms with Gasteiger partial charge in [-0.2, -0.15) is 0 Å². The van der Waals surface area contributed by atoms with Crippen molar-refractivity contribution in [1.82, 2.24) is 15.5 Å². The first-order valence-electron chi connectivity index (χ1n) is 11.3. The van der Waals surface area contributed by atoms with Crippen LogP contribution < -0.4 is 15.4 Å². The topological polar surface area (TPSA) is 78.4 Å². The summed E-state index contributed by atoms with van der Waals surface area (Å²) in [5.74, 6) is 1.54. The number of nitrogens with zero attached hydrogens (tertiary/aromatic N) is 2. The fourth-order valence-corrected chi connectivity index (χ4v) is 3.83. The Balaban J connectivity index is 0.00000385. The van der Waals surface area contributed by atoms with Gasteiger partial charge in [-0.3, -0.25) is 4.90 Å². The molecule has 1 aliphatic heterocycles. The van der Waals surface area contributed by atoms with E-state index in [9.17, 15) is 5.11 Å². The Kier molecular flexibility index (Phi) is 11.4. The van der Waals surface area contributed by atoms with Gasteiger partial charge in [-0.25, -0.2) is 4.99 Å². The lowest BCUT2D eigenvalue weighted by Gasteiger charge is -2.35. The number of ether oxygens (including phenoxy) is 2. The zero-order valence-electron chi connectivity index (χ0n) is 19.8. The van der Waals surface area contributed by atoms with E-state index in [4.69, 9.17) is 9.47 Å². The molecule has 7 nitrogen and oxygen atoms in total. The van der Waals surface area contributed by atoms with Crippen molar-refractivity contribution < 1.29 is 14.6 Å². The van der Waals surface area contributed by atoms with E-state index >= 15 is 0 Å². The van der Waals surface area contributed by atoms with Crippen LogP contribution in [0.2, 0.25) is 0 Å². The Morgan fingerprint density at radius 3 is 2.39 bits per heavy atom. The van der Waals surface area contributed by atoms with Crippen LogP contribution in [-0.2, 0) is 10.3 Å². The second-order valence-electron chi connectivity index (χ2n) is 8.15. The van der Waals surface area contributed by atoms with Crippen LogP contribution in [0.4, 0.5) is 0 Å². The summed E-state index contributed by atoms with van der Waals surface area (Å²) in [7, 11) is 1.68. The number of hydrogen-bond donors (Lipinski definition) is 3. The molecule has 0 aromatic heterocycles. The van der Waals surface area contributed by atoms with Gasteiger partial charge in [0.1, 0.15) is 11.4 Å². The van der Waals surface area contributed by atoms with E-state index in [1.54, 1.807) is 14.0 Å². The maximum absolute atomic E-state index is 10.9. The molecular weight excluding hydrogens is 531 g/mol. The zero-order chi connectivity index (χ0) is 22.8. The van der Waals surface area contributed by atoms with Crippen LogP contribution in [0.25, 0.3) is 0 Å². The molecule has 0 aliphatic carbocycles. The number of aliphatic hydroxyl groups is 1. The van der Waals surface area contributed by atoms with Crippen LogP contribution >= 0.6 is 24.0 Å². The van der Waals surface area contributed by atoms with Gasteiger partial charge in [0.25, 0.3) is 0 Å². The SMILES string of the molecule is CCNC(=NCC(C)(O)c1ccccc1)NCC(c1ccc(OC)cc1)N1CCOCC1.I. The zero-order valence-corrected chi connectivity index (χ0v) is 22.1. The lowest BCUT2D eigenvalue weighted by atomic mass is 9.96. The molecule has 2 atom stereocenters. The number of halogens is 1. The third-order valence-corrected chi connectivity index (χ3v) is 5.73. The number of hydrogen-bond acceptors (Lipinski definition) is 5. The van der Waals surface area contributed by atoms with E-state index in [0.29, 0.717) is 12.5 Å². The molecular formula is C25H37IN4O3. The highest BCUT2D eigenvalue weighted by atomic mass is 127. The first kappa shape index (κ1) is 27.4. The van der Waals surface area contributed by atoms with E-state index in [1.807, 2.05) is 49.4 Å². The fraction of sp³-hybridized carbons (Fsp3) is 0.480. The average molecular weight is 569 g/mol. The van der Waals surface area contributed by atoms with Gasteiger partial charge in [0.05, 0.1) is 32.9 Å². The van der Waals surface area contributed by atoms with Gasteiger partial charge in [-0.15, -0.1) is 24.0 Å². The van der Waals surface area contributed by atoms with E-state index < -0.39 is 5.60 Å². The Bertz CT molecular complexity index is 840. The lowest BCUT2D eigenvalue weighted by Crippen LogP contribution is -2.46. The highest BCUT2D eigenvalue weighted by Crippen LogP contribution is 2.24. The molecule has 1 fully saturated rings. The van der Waals surface area contributed by atoms with Crippen molar-refractivity contribution in [3.05, 3.63) is 65.7 Å². The van der Waals surface area contributed by atoms with E-state index in [2.05, 4.69) is 32.7 Å². The molecule has 2 aromatic carbocycles. The monoisotopic (exact) mass is 568 g/mol. The number of methoxy groups -OCH3 is 1. The maximum Gasteiger partial charge on any atom is 0.191 e. The summed E-state index contributed by atoms with van der Waals surface area (Å²) in [6.07, 6.45) is 0. The quantitative estimate of drug-likeness (QED) is 0.245. The Morgan fingerprint density at radius 1 is 1.12 bits per heavy atom. The van der Waals surface area contributed by atoms with Crippen LogP contribution in [0.5, 0.6) is 5.75 Å². The van der Waals surface area contributed by atoms with Gasteiger partial charge < -0.3 is 25.2 Å². The summed E-state index contributed by atoms with van der Waals surface area (Å²) in [5, 5.41) is 17.7. The number of nitrogens with one attached hydrogen (secondary N) is 2. The summed E-state index contributed by atoms with van der Waals surface area (Å²) in [4.78, 5) is 7.11. The van der Waals surface area contributed by atoms with Gasteiger partial charge in [0, 0.05) is 26.2 Å². The molecule has 0 spiro atoms. The van der Waals surface area contributed by atoms with Gasteiger partial charge in [-0.05, 0) is 37.1 Å². The standard InChI is InChI=1S/C25H36N4O3.HI/c1-4-26-24(28-19-25(2,30)21-8-6-5-7-9-21)27-18-23(29-14-16-32-17-15-29)20-10-12-22(31-3)13-11-20;/h5-13,23,30H,4,14-19H2,1-3H3,(H2,26,27,28);1H. The summed E-state index contributed by atoms with van der Waals surface area (Å²) in [6.45, 7) is 8.76. The van der Waals surface area contributed by atoms with Crippen molar-refractivity contribution in [1.29, 1.82) is 0 Å². The molecule has 1 saturated heterocycles. The second kappa shape index (κ2) is 13.7. The Labute approximate surface area is 214 Å². The van der Waals surface area contributed by atoms with Crippen molar-refractivity contribution in [2.75, 3.05) is 53.0 Å². The molecule has 0 amide bonds. The minimum Gasteiger partial charge on any atom is -0.497 e. The molecule has 33 heavy (non-hydrogen) atoms. The number of aliphatic imine (C=N–C) groups is 1. The molecule has 3 rings (SSSR count). The number of rotatable bonds is 9. The van der Waals surface area contributed by atoms with Crippen LogP contribution in [0.1, 0.15) is 31.0 Å². The van der Waals surface area contributed by atoms with Crippen LogP contribution in [0.15, 0.2) is 59.6 Å². The molecule has 3 N–H and O–H groups in total. The van der Waals surface area contributed by atoms with Crippen molar-refractivity contribution in [3.8, 4) is 5.75 Å². The summed E-state index contributed by atoms with van der Waals surface area (Å²) < 4.78 is 10.9. The van der Waals surface area contributed by atoms with Crippen LogP contribution in [0, 0.1) is 0 Å².